The second-order valence-electron chi connectivity index (χ2n) is 11.0. The van der Waals surface area contributed by atoms with Crippen molar-refractivity contribution in [3.8, 4) is 28.0 Å². The largest absolute Gasteiger partial charge is 0.435 e. The van der Waals surface area contributed by atoms with Gasteiger partial charge in [-0.05, 0) is 54.3 Å². The van der Waals surface area contributed by atoms with Crippen LogP contribution in [0.1, 0.15) is 23.3 Å². The Balaban J connectivity index is 1.39. The molecular weight excluding hydrogens is 587 g/mol. The molecule has 7 rings (SSSR count). The highest BCUT2D eigenvalue weighted by molar-refractivity contribution is 6.07. The standard InChI is InChI=1S/C30H23F5N6O3/c1-39-27(43)24-19-12-17(4-7-21(19)38-41(24)15-29(39)9-10-29)20-13-40-11-8-22(36-14-30(33,34)35)37-26(40)23(25(20)42)16-2-5-18(6-3-16)44-28(31)32/h2-8,11-13,28H,9-10,14-15H2,1H3,(H,36,37). The molecule has 3 aromatic heterocycles. The van der Waals surface area contributed by atoms with E-state index >= 15 is 0 Å². The number of likely N-dealkylation sites (N-methyl/N-ethyl adjacent to an activating group) is 1. The molecule has 5 aromatic rings. The maximum Gasteiger partial charge on any atom is 0.405 e. The summed E-state index contributed by atoms with van der Waals surface area (Å²) in [6, 6.07) is 11.8. The van der Waals surface area contributed by atoms with Crippen LogP contribution in [0.15, 0.2) is 65.7 Å². The molecule has 0 atom stereocenters. The second-order valence-corrected chi connectivity index (χ2v) is 11.0. The van der Waals surface area contributed by atoms with Crippen LogP contribution in [0.3, 0.4) is 0 Å². The Bertz CT molecular complexity index is 2010. The number of amides is 1. The van der Waals surface area contributed by atoms with Crippen LogP contribution in [0.2, 0.25) is 0 Å². The molecule has 1 aliphatic heterocycles. The normalized spacial score (nSPS) is 15.8. The Morgan fingerprint density at radius 2 is 1.77 bits per heavy atom. The lowest BCUT2D eigenvalue weighted by molar-refractivity contribution is -0.115. The van der Waals surface area contributed by atoms with E-state index in [1.165, 1.54) is 47.1 Å². The first-order chi connectivity index (χ1) is 20.9. The SMILES string of the molecule is CN1C(=O)c2c3cc(-c4cn5ccc(NCC(F)(F)F)nc5c(-c5ccc(OC(F)F)cc5)c4=O)ccc3nn2CC12CC2. The smallest absolute Gasteiger partial charge is 0.405 e. The molecule has 1 fully saturated rings. The third kappa shape index (κ3) is 4.70. The lowest BCUT2D eigenvalue weighted by Gasteiger charge is -2.33. The van der Waals surface area contributed by atoms with Crippen LogP contribution in [0, 0.1) is 0 Å². The predicted octanol–water partition coefficient (Wildman–Crippen LogP) is 5.57. The number of carbonyl (C=O) groups excluding carboxylic acids is 1. The molecule has 0 saturated heterocycles. The van der Waals surface area contributed by atoms with Crippen LogP contribution in [0.5, 0.6) is 5.75 Å². The van der Waals surface area contributed by atoms with E-state index in [4.69, 9.17) is 0 Å². The van der Waals surface area contributed by atoms with E-state index in [9.17, 15) is 31.5 Å². The van der Waals surface area contributed by atoms with Gasteiger partial charge in [0.05, 0.1) is 23.2 Å². The van der Waals surface area contributed by atoms with Crippen molar-refractivity contribution in [2.24, 2.45) is 0 Å². The fourth-order valence-electron chi connectivity index (χ4n) is 5.75. The summed E-state index contributed by atoms with van der Waals surface area (Å²) in [5.41, 5.74) is 1.38. The number of pyridine rings is 1. The number of hydrogen-bond donors (Lipinski definition) is 1. The van der Waals surface area contributed by atoms with Gasteiger partial charge in [0.2, 0.25) is 0 Å². The van der Waals surface area contributed by atoms with Crippen LogP contribution < -0.4 is 15.5 Å². The molecule has 9 nitrogen and oxygen atoms in total. The Morgan fingerprint density at radius 1 is 1.05 bits per heavy atom. The number of alkyl halides is 5. The van der Waals surface area contributed by atoms with Gasteiger partial charge in [0.1, 0.15) is 23.8 Å². The summed E-state index contributed by atoms with van der Waals surface area (Å²) in [6.07, 6.45) is 0.296. The summed E-state index contributed by atoms with van der Waals surface area (Å²) in [5.74, 6) is -0.403. The number of carbonyl (C=O) groups is 1. The van der Waals surface area contributed by atoms with Gasteiger partial charge in [-0.15, -0.1) is 0 Å². The molecule has 1 N–H and O–H groups in total. The van der Waals surface area contributed by atoms with Gasteiger partial charge in [-0.3, -0.25) is 14.3 Å². The summed E-state index contributed by atoms with van der Waals surface area (Å²) in [6.45, 7) is -3.80. The first kappa shape index (κ1) is 27.8. The van der Waals surface area contributed by atoms with Gasteiger partial charge in [-0.2, -0.15) is 27.1 Å². The minimum Gasteiger partial charge on any atom is -0.435 e. The number of nitrogens with one attached hydrogen (secondary N) is 1. The number of ether oxygens (including phenoxy) is 1. The molecule has 2 aromatic carbocycles. The third-order valence-corrected chi connectivity index (χ3v) is 8.20. The minimum absolute atomic E-state index is 0.0328. The molecule has 4 heterocycles. The number of benzene rings is 2. The molecule has 44 heavy (non-hydrogen) atoms. The number of aromatic nitrogens is 4. The summed E-state index contributed by atoms with van der Waals surface area (Å²) in [7, 11) is 1.78. The molecule has 2 aliphatic rings. The highest BCUT2D eigenvalue weighted by Gasteiger charge is 2.53. The number of nitrogens with zero attached hydrogens (tertiary/aromatic N) is 5. The molecule has 1 aliphatic carbocycles. The van der Waals surface area contributed by atoms with Crippen LogP contribution >= 0.6 is 0 Å². The Labute approximate surface area is 245 Å². The van der Waals surface area contributed by atoms with Gasteiger partial charge in [0, 0.05) is 30.4 Å². The van der Waals surface area contributed by atoms with Crippen molar-refractivity contribution < 1.29 is 31.5 Å². The molecular formula is C30H23F5N6O3. The van der Waals surface area contributed by atoms with E-state index in [2.05, 4.69) is 20.1 Å². The average molecular weight is 611 g/mol. The van der Waals surface area contributed by atoms with Crippen LogP contribution in [0.25, 0.3) is 38.8 Å². The summed E-state index contributed by atoms with van der Waals surface area (Å²) in [4.78, 5) is 33.6. The quantitative estimate of drug-likeness (QED) is 0.253. The van der Waals surface area contributed by atoms with Crippen LogP contribution in [-0.4, -0.2) is 61.9 Å². The van der Waals surface area contributed by atoms with E-state index in [1.54, 1.807) is 34.8 Å². The number of hydrogen-bond acceptors (Lipinski definition) is 6. The first-order valence-electron chi connectivity index (χ1n) is 13.6. The van der Waals surface area contributed by atoms with E-state index in [0.29, 0.717) is 28.7 Å². The van der Waals surface area contributed by atoms with Gasteiger partial charge in [0.25, 0.3) is 5.91 Å². The van der Waals surface area contributed by atoms with Crippen molar-refractivity contribution in [1.29, 1.82) is 0 Å². The molecule has 1 spiro atoms. The molecule has 14 heteroatoms. The zero-order valence-corrected chi connectivity index (χ0v) is 23.0. The van der Waals surface area contributed by atoms with Crippen molar-refractivity contribution in [2.45, 2.75) is 37.7 Å². The number of anilines is 1. The van der Waals surface area contributed by atoms with Crippen molar-refractivity contribution in [2.75, 3.05) is 18.9 Å². The Hall–Kier alpha value is -5.01. The maximum atomic E-state index is 14.1. The summed E-state index contributed by atoms with van der Waals surface area (Å²) >= 11 is 0. The highest BCUT2D eigenvalue weighted by Crippen LogP contribution is 2.46. The van der Waals surface area contributed by atoms with E-state index < -0.39 is 24.8 Å². The molecule has 0 radical (unpaired) electrons. The third-order valence-electron chi connectivity index (χ3n) is 8.20. The molecule has 1 amide bonds. The van der Waals surface area contributed by atoms with Gasteiger partial charge >= 0.3 is 12.8 Å². The monoisotopic (exact) mass is 610 g/mol. The number of halogens is 5. The van der Waals surface area contributed by atoms with E-state index in [-0.39, 0.29) is 45.4 Å². The number of fused-ring (bicyclic) bond motifs is 4. The lowest BCUT2D eigenvalue weighted by atomic mass is 9.98. The summed E-state index contributed by atoms with van der Waals surface area (Å²) in [5, 5.41) is 7.44. The van der Waals surface area contributed by atoms with Crippen LogP contribution in [-0.2, 0) is 6.54 Å². The topological polar surface area (TPSA) is 93.8 Å². The van der Waals surface area contributed by atoms with Crippen LogP contribution in [0.4, 0.5) is 27.8 Å². The summed E-state index contributed by atoms with van der Waals surface area (Å²) < 4.78 is 71.7. The van der Waals surface area contributed by atoms with Crippen molar-refractivity contribution >= 4 is 28.3 Å². The number of rotatable bonds is 6. The van der Waals surface area contributed by atoms with Crippen molar-refractivity contribution in [3.63, 3.8) is 0 Å². The van der Waals surface area contributed by atoms with Gasteiger partial charge in [-0.1, -0.05) is 18.2 Å². The molecule has 0 bridgehead atoms. The minimum atomic E-state index is -4.50. The lowest BCUT2D eigenvalue weighted by Crippen LogP contribution is -2.47. The van der Waals surface area contributed by atoms with Crippen molar-refractivity contribution in [3.05, 3.63) is 76.8 Å². The molecule has 226 valence electrons. The van der Waals surface area contributed by atoms with Gasteiger partial charge < -0.3 is 19.4 Å². The molecule has 0 unspecified atom stereocenters. The zero-order chi connectivity index (χ0) is 31.0. The van der Waals surface area contributed by atoms with Gasteiger partial charge in [-0.25, -0.2) is 4.98 Å². The van der Waals surface area contributed by atoms with E-state index in [0.717, 1.165) is 12.8 Å². The van der Waals surface area contributed by atoms with E-state index in [1.807, 2.05) is 0 Å². The Morgan fingerprint density at radius 3 is 2.45 bits per heavy atom. The second kappa shape index (κ2) is 9.76. The highest BCUT2D eigenvalue weighted by atomic mass is 19.4. The first-order valence-corrected chi connectivity index (χ1v) is 13.6. The fourth-order valence-corrected chi connectivity index (χ4v) is 5.75. The average Bonchev–Trinajstić information content (AvgIpc) is 3.66. The zero-order valence-electron chi connectivity index (χ0n) is 23.0. The predicted molar refractivity (Wildman–Crippen MR) is 151 cm³/mol. The van der Waals surface area contributed by atoms with Crippen molar-refractivity contribution in [1.82, 2.24) is 24.1 Å². The maximum absolute atomic E-state index is 14.1. The Kier molecular flexibility index (Phi) is 6.16. The fraction of sp³-hybridized carbons (Fsp3) is 0.267. The van der Waals surface area contributed by atoms with Gasteiger partial charge in [0.15, 0.2) is 11.1 Å². The molecule has 1 saturated carbocycles.